The molecule has 0 bridgehead atoms. The molecule has 1 aliphatic heterocycles. The molecule has 0 aliphatic carbocycles. The maximum atomic E-state index is 12.2. The number of ether oxygens (including phenoxy) is 3. The van der Waals surface area contributed by atoms with Crippen LogP contribution in [0.15, 0.2) is 51.7 Å². The summed E-state index contributed by atoms with van der Waals surface area (Å²) < 4.78 is 22.0. The highest BCUT2D eigenvalue weighted by atomic mass is 35.5. The first kappa shape index (κ1) is 18.3. The van der Waals surface area contributed by atoms with Gasteiger partial charge in [-0.3, -0.25) is 4.79 Å². The van der Waals surface area contributed by atoms with Crippen molar-refractivity contribution in [2.75, 3.05) is 6.79 Å². The Labute approximate surface area is 164 Å². The number of rotatable bonds is 5. The molecular weight excluding hydrogens is 388 g/mol. The monoisotopic (exact) mass is 402 g/mol. The van der Waals surface area contributed by atoms with E-state index in [1.54, 1.807) is 36.4 Å². The number of aromatic nitrogens is 2. The molecule has 0 saturated heterocycles. The number of benzene rings is 2. The van der Waals surface area contributed by atoms with Gasteiger partial charge >= 0.3 is 11.7 Å². The standard InChI is InChI=1S/C19H15ClN2O6/c20-15-6-13-9-25-11-27-17(13)14(7-15)10-26-16(23)8-22-19(24)28-18(21-22)12-4-2-1-3-5-12/h1-7H,8-11H2. The summed E-state index contributed by atoms with van der Waals surface area (Å²) in [7, 11) is 0. The second-order valence-corrected chi connectivity index (χ2v) is 6.46. The van der Waals surface area contributed by atoms with Crippen molar-refractivity contribution in [1.29, 1.82) is 0 Å². The van der Waals surface area contributed by atoms with Crippen molar-refractivity contribution >= 4 is 17.6 Å². The minimum Gasteiger partial charge on any atom is -0.467 e. The smallest absolute Gasteiger partial charge is 0.437 e. The molecule has 28 heavy (non-hydrogen) atoms. The summed E-state index contributed by atoms with van der Waals surface area (Å²) in [5.74, 6) is -0.656. The van der Waals surface area contributed by atoms with Gasteiger partial charge in [-0.2, -0.15) is 4.68 Å². The van der Waals surface area contributed by atoms with E-state index in [0.717, 1.165) is 10.2 Å². The zero-order chi connectivity index (χ0) is 19.5. The third kappa shape index (κ3) is 3.92. The predicted octanol–water partition coefficient (Wildman–Crippen LogP) is 2.77. The average Bonchev–Trinajstić information content (AvgIpc) is 3.07. The molecule has 4 rings (SSSR count). The number of nitrogens with zero attached hydrogens (tertiary/aromatic N) is 2. The van der Waals surface area contributed by atoms with Crippen molar-refractivity contribution in [2.45, 2.75) is 19.8 Å². The summed E-state index contributed by atoms with van der Waals surface area (Å²) in [4.78, 5) is 24.1. The van der Waals surface area contributed by atoms with E-state index >= 15 is 0 Å². The highest BCUT2D eigenvalue weighted by Gasteiger charge is 2.19. The van der Waals surface area contributed by atoms with E-state index in [4.69, 9.17) is 30.2 Å². The summed E-state index contributed by atoms with van der Waals surface area (Å²) in [6, 6.07) is 12.3. The highest BCUT2D eigenvalue weighted by Crippen LogP contribution is 2.32. The fourth-order valence-corrected chi connectivity index (χ4v) is 3.06. The topological polar surface area (TPSA) is 92.8 Å². The maximum Gasteiger partial charge on any atom is 0.437 e. The summed E-state index contributed by atoms with van der Waals surface area (Å²) in [5.41, 5.74) is 2.04. The number of fused-ring (bicyclic) bond motifs is 1. The first-order valence-electron chi connectivity index (χ1n) is 8.41. The lowest BCUT2D eigenvalue weighted by atomic mass is 10.1. The largest absolute Gasteiger partial charge is 0.467 e. The normalized spacial score (nSPS) is 12.9. The van der Waals surface area contributed by atoms with Gasteiger partial charge < -0.3 is 18.6 Å². The van der Waals surface area contributed by atoms with E-state index in [0.29, 0.717) is 28.5 Å². The van der Waals surface area contributed by atoms with E-state index in [1.165, 1.54) is 0 Å². The number of hydrogen-bond donors (Lipinski definition) is 0. The molecule has 0 atom stereocenters. The summed E-state index contributed by atoms with van der Waals surface area (Å²) >= 11 is 6.09. The van der Waals surface area contributed by atoms with Crippen LogP contribution >= 0.6 is 11.6 Å². The molecule has 3 aromatic rings. The van der Waals surface area contributed by atoms with Crippen molar-refractivity contribution in [3.63, 3.8) is 0 Å². The van der Waals surface area contributed by atoms with Crippen LogP contribution in [0.4, 0.5) is 0 Å². The molecule has 0 unspecified atom stereocenters. The third-order valence-electron chi connectivity index (χ3n) is 4.05. The second kappa shape index (κ2) is 7.87. The Hall–Kier alpha value is -3.10. The van der Waals surface area contributed by atoms with Crippen LogP contribution in [0.25, 0.3) is 11.5 Å². The molecule has 8 nitrogen and oxygen atoms in total. The fourth-order valence-electron chi connectivity index (χ4n) is 2.79. The maximum absolute atomic E-state index is 12.2. The zero-order valence-corrected chi connectivity index (χ0v) is 15.3. The number of carbonyl (C=O) groups is 1. The van der Waals surface area contributed by atoms with Gasteiger partial charge in [0, 0.05) is 21.7 Å². The van der Waals surface area contributed by atoms with Crippen LogP contribution in [-0.2, 0) is 34.0 Å². The summed E-state index contributed by atoms with van der Waals surface area (Å²) in [5, 5.41) is 4.52. The van der Waals surface area contributed by atoms with E-state index in [-0.39, 0.29) is 25.8 Å². The molecule has 0 amide bonds. The minimum atomic E-state index is -0.739. The Morgan fingerprint density at radius 3 is 2.89 bits per heavy atom. The Kier molecular flexibility index (Phi) is 5.14. The molecule has 2 heterocycles. The van der Waals surface area contributed by atoms with Crippen LogP contribution in [0, 0.1) is 0 Å². The fraction of sp³-hybridized carbons (Fsp3) is 0.211. The van der Waals surface area contributed by atoms with Gasteiger partial charge in [-0.05, 0) is 24.3 Å². The number of hydrogen-bond acceptors (Lipinski definition) is 7. The Morgan fingerprint density at radius 2 is 2.07 bits per heavy atom. The van der Waals surface area contributed by atoms with Crippen molar-refractivity contribution in [3.05, 3.63) is 69.2 Å². The van der Waals surface area contributed by atoms with E-state index in [2.05, 4.69) is 5.10 Å². The first-order valence-corrected chi connectivity index (χ1v) is 8.79. The summed E-state index contributed by atoms with van der Waals surface area (Å²) in [6.45, 7) is 0.0569. The molecule has 0 spiro atoms. The molecule has 144 valence electrons. The average molecular weight is 403 g/mol. The SMILES string of the molecule is O=C(Cn1nc(-c2ccccc2)oc1=O)OCc1cc(Cl)cc2c1OCOC2. The molecular formula is C19H15ClN2O6. The molecule has 0 radical (unpaired) electrons. The van der Waals surface area contributed by atoms with Crippen LogP contribution in [0.5, 0.6) is 5.75 Å². The van der Waals surface area contributed by atoms with Crippen LogP contribution in [0.1, 0.15) is 11.1 Å². The van der Waals surface area contributed by atoms with Gasteiger partial charge in [0.1, 0.15) is 18.9 Å². The van der Waals surface area contributed by atoms with Crippen molar-refractivity contribution < 1.29 is 23.4 Å². The van der Waals surface area contributed by atoms with E-state index in [1.807, 2.05) is 6.07 Å². The van der Waals surface area contributed by atoms with Gasteiger partial charge in [0.05, 0.1) is 6.61 Å². The molecule has 0 saturated carbocycles. The second-order valence-electron chi connectivity index (χ2n) is 6.02. The molecule has 1 aliphatic rings. The quantitative estimate of drug-likeness (QED) is 0.606. The molecule has 0 N–H and O–H groups in total. The van der Waals surface area contributed by atoms with Crippen molar-refractivity contribution in [3.8, 4) is 17.2 Å². The lowest BCUT2D eigenvalue weighted by Gasteiger charge is -2.21. The molecule has 0 fully saturated rings. The Bertz CT molecular complexity index is 1060. The van der Waals surface area contributed by atoms with Crippen molar-refractivity contribution in [2.24, 2.45) is 0 Å². The van der Waals surface area contributed by atoms with Crippen LogP contribution in [0.2, 0.25) is 5.02 Å². The Morgan fingerprint density at radius 1 is 1.25 bits per heavy atom. The van der Waals surface area contributed by atoms with Gasteiger partial charge in [0.15, 0.2) is 6.79 Å². The van der Waals surface area contributed by atoms with Gasteiger partial charge in [-0.15, -0.1) is 5.10 Å². The van der Waals surface area contributed by atoms with Crippen LogP contribution in [0.3, 0.4) is 0 Å². The lowest BCUT2D eigenvalue weighted by Crippen LogP contribution is -2.23. The van der Waals surface area contributed by atoms with Crippen molar-refractivity contribution in [1.82, 2.24) is 9.78 Å². The molecule has 1 aromatic heterocycles. The van der Waals surface area contributed by atoms with Gasteiger partial charge in [-0.25, -0.2) is 4.79 Å². The molecule has 9 heteroatoms. The van der Waals surface area contributed by atoms with Gasteiger partial charge in [0.25, 0.3) is 0 Å². The highest BCUT2D eigenvalue weighted by molar-refractivity contribution is 6.30. The zero-order valence-electron chi connectivity index (χ0n) is 14.6. The molecule has 2 aromatic carbocycles. The predicted molar refractivity (Wildman–Crippen MR) is 97.7 cm³/mol. The lowest BCUT2D eigenvalue weighted by molar-refractivity contribution is -0.146. The number of esters is 1. The number of carbonyl (C=O) groups excluding carboxylic acids is 1. The van der Waals surface area contributed by atoms with Crippen LogP contribution in [-0.4, -0.2) is 22.5 Å². The van der Waals surface area contributed by atoms with Gasteiger partial charge in [0.2, 0.25) is 5.89 Å². The Balaban J connectivity index is 1.44. The van der Waals surface area contributed by atoms with E-state index in [9.17, 15) is 9.59 Å². The third-order valence-corrected chi connectivity index (χ3v) is 4.26. The number of halogens is 1. The summed E-state index contributed by atoms with van der Waals surface area (Å²) in [6.07, 6.45) is 0. The van der Waals surface area contributed by atoms with E-state index < -0.39 is 11.7 Å². The van der Waals surface area contributed by atoms with Gasteiger partial charge in [-0.1, -0.05) is 29.8 Å². The first-order chi connectivity index (χ1) is 13.6. The minimum absolute atomic E-state index is 0.0557. The van der Waals surface area contributed by atoms with Crippen LogP contribution < -0.4 is 10.5 Å².